The number of fused-ring (bicyclic) bond motifs is 1. The summed E-state index contributed by atoms with van der Waals surface area (Å²) in [5, 5.41) is 17.3. The molecule has 1 saturated carbocycles. The Labute approximate surface area is 143 Å². The molecule has 2 aliphatic rings. The second kappa shape index (κ2) is 5.84. The molecule has 0 radical (unpaired) electrons. The maximum Gasteiger partial charge on any atom is 0.292 e. The average Bonchev–Trinajstić information content (AvgIpc) is 3.33. The number of halogens is 1. The zero-order valence-corrected chi connectivity index (χ0v) is 13.3. The first-order valence-electron chi connectivity index (χ1n) is 8.14. The van der Waals surface area contributed by atoms with Gasteiger partial charge in [-0.05, 0) is 42.2 Å². The van der Waals surface area contributed by atoms with Crippen molar-refractivity contribution < 1.29 is 14.1 Å². The van der Waals surface area contributed by atoms with Crippen molar-refractivity contribution in [3.05, 3.63) is 63.5 Å². The van der Waals surface area contributed by atoms with Crippen LogP contribution in [-0.4, -0.2) is 16.9 Å². The van der Waals surface area contributed by atoms with Crippen LogP contribution in [0, 0.1) is 15.9 Å². The predicted octanol–water partition coefficient (Wildman–Crippen LogP) is 3.59. The Balaban J connectivity index is 1.59. The second-order valence-corrected chi connectivity index (χ2v) is 6.48. The summed E-state index contributed by atoms with van der Waals surface area (Å²) in [7, 11) is 0. The molecule has 6 nitrogen and oxygen atoms in total. The average molecular weight is 341 g/mol. The molecule has 25 heavy (non-hydrogen) atoms. The molecule has 7 heteroatoms. The van der Waals surface area contributed by atoms with Gasteiger partial charge in [-0.1, -0.05) is 12.1 Å². The number of carbonyl (C=O) groups is 1. The van der Waals surface area contributed by atoms with E-state index >= 15 is 0 Å². The molecule has 1 amide bonds. The molecular weight excluding hydrogens is 325 g/mol. The number of anilines is 2. The molecule has 2 aromatic carbocycles. The lowest BCUT2D eigenvalue weighted by Gasteiger charge is -2.18. The molecule has 0 saturated heterocycles. The standard InChI is InChI=1S/C18H16FN3O3/c19-12-3-1-2-10(6-12)13-8-15(13)20-16-9-14-11(4-5-18(23)21-14)7-17(16)22(24)25/h1-3,6-7,9,13,15,20H,4-5,8H2,(H,21,23)/t13-,15+/m0/s1. The molecule has 0 aromatic heterocycles. The molecule has 0 spiro atoms. The van der Waals surface area contributed by atoms with Crippen molar-refractivity contribution in [1.29, 1.82) is 0 Å². The Morgan fingerprint density at radius 2 is 2.08 bits per heavy atom. The van der Waals surface area contributed by atoms with E-state index < -0.39 is 4.92 Å². The van der Waals surface area contributed by atoms with Gasteiger partial charge in [0.15, 0.2) is 0 Å². The number of hydrogen-bond donors (Lipinski definition) is 2. The number of benzene rings is 2. The fourth-order valence-electron chi connectivity index (χ4n) is 3.34. The highest BCUT2D eigenvalue weighted by molar-refractivity contribution is 5.95. The minimum atomic E-state index is -0.418. The van der Waals surface area contributed by atoms with Gasteiger partial charge in [0, 0.05) is 30.1 Å². The van der Waals surface area contributed by atoms with E-state index in [1.54, 1.807) is 12.1 Å². The van der Waals surface area contributed by atoms with E-state index in [-0.39, 0.29) is 29.4 Å². The van der Waals surface area contributed by atoms with Crippen LogP contribution in [0.1, 0.15) is 29.9 Å². The minimum Gasteiger partial charge on any atom is -0.376 e. The fraction of sp³-hybridized carbons (Fsp3) is 0.278. The van der Waals surface area contributed by atoms with Crippen LogP contribution in [0.5, 0.6) is 0 Å². The van der Waals surface area contributed by atoms with E-state index in [1.807, 2.05) is 6.07 Å². The van der Waals surface area contributed by atoms with Gasteiger partial charge >= 0.3 is 0 Å². The molecule has 2 N–H and O–H groups in total. The Kier molecular flexibility index (Phi) is 3.63. The topological polar surface area (TPSA) is 84.3 Å². The quantitative estimate of drug-likeness (QED) is 0.657. The molecule has 128 valence electrons. The van der Waals surface area contributed by atoms with Crippen LogP contribution in [0.3, 0.4) is 0 Å². The molecule has 0 bridgehead atoms. The summed E-state index contributed by atoms with van der Waals surface area (Å²) in [6.07, 6.45) is 1.61. The zero-order chi connectivity index (χ0) is 17.6. The third kappa shape index (κ3) is 3.05. The largest absolute Gasteiger partial charge is 0.376 e. The number of amides is 1. The summed E-state index contributed by atoms with van der Waals surface area (Å²) in [5.74, 6) is -0.247. The van der Waals surface area contributed by atoms with Gasteiger partial charge in [0.25, 0.3) is 5.69 Å². The van der Waals surface area contributed by atoms with Crippen LogP contribution in [0.4, 0.5) is 21.5 Å². The van der Waals surface area contributed by atoms with Crippen molar-refractivity contribution in [3.63, 3.8) is 0 Å². The Morgan fingerprint density at radius 1 is 1.24 bits per heavy atom. The van der Waals surface area contributed by atoms with Crippen LogP contribution in [0.2, 0.25) is 0 Å². The highest BCUT2D eigenvalue weighted by Gasteiger charge is 2.39. The molecule has 1 fully saturated rings. The van der Waals surface area contributed by atoms with E-state index in [1.165, 1.54) is 18.2 Å². The van der Waals surface area contributed by atoms with E-state index in [2.05, 4.69) is 10.6 Å². The Bertz CT molecular complexity index is 884. The normalized spacial score (nSPS) is 21.2. The first-order valence-corrected chi connectivity index (χ1v) is 8.14. The van der Waals surface area contributed by atoms with Crippen molar-refractivity contribution in [1.82, 2.24) is 0 Å². The summed E-state index contributed by atoms with van der Waals surface area (Å²) in [6, 6.07) is 9.58. The lowest BCUT2D eigenvalue weighted by Crippen LogP contribution is -2.19. The fourth-order valence-corrected chi connectivity index (χ4v) is 3.34. The van der Waals surface area contributed by atoms with Gasteiger partial charge in [0.05, 0.1) is 4.92 Å². The highest BCUT2D eigenvalue weighted by Crippen LogP contribution is 2.45. The SMILES string of the molecule is O=C1CCc2cc([N+](=O)[O-])c(N[C@@H]3C[C@H]3c3cccc(F)c3)cc2N1. The number of nitrogens with zero attached hydrogens (tertiary/aromatic N) is 1. The van der Waals surface area contributed by atoms with Gasteiger partial charge in [-0.3, -0.25) is 14.9 Å². The third-order valence-corrected chi connectivity index (χ3v) is 4.72. The van der Waals surface area contributed by atoms with Gasteiger partial charge in [0.1, 0.15) is 11.5 Å². The summed E-state index contributed by atoms with van der Waals surface area (Å²) >= 11 is 0. The van der Waals surface area contributed by atoms with Crippen molar-refractivity contribution in [3.8, 4) is 0 Å². The summed E-state index contributed by atoms with van der Waals surface area (Å²) in [4.78, 5) is 22.5. The van der Waals surface area contributed by atoms with Crippen molar-refractivity contribution in [2.24, 2.45) is 0 Å². The number of nitro groups is 1. The molecule has 1 heterocycles. The van der Waals surface area contributed by atoms with Crippen LogP contribution < -0.4 is 10.6 Å². The maximum atomic E-state index is 13.4. The minimum absolute atomic E-state index is 0.000193. The summed E-state index contributed by atoms with van der Waals surface area (Å²) in [6.45, 7) is 0. The van der Waals surface area contributed by atoms with Gasteiger partial charge < -0.3 is 10.6 Å². The molecule has 1 aliphatic carbocycles. The first kappa shape index (κ1) is 15.6. The molecule has 2 aromatic rings. The van der Waals surface area contributed by atoms with Crippen molar-refractivity contribution in [2.45, 2.75) is 31.2 Å². The van der Waals surface area contributed by atoms with Gasteiger partial charge in [-0.2, -0.15) is 0 Å². The van der Waals surface area contributed by atoms with Gasteiger partial charge in [0.2, 0.25) is 5.91 Å². The van der Waals surface area contributed by atoms with Gasteiger partial charge in [-0.15, -0.1) is 0 Å². The lowest BCUT2D eigenvalue weighted by molar-refractivity contribution is -0.384. The van der Waals surface area contributed by atoms with E-state index in [0.29, 0.717) is 24.2 Å². The smallest absolute Gasteiger partial charge is 0.292 e. The number of hydrogen-bond acceptors (Lipinski definition) is 4. The number of rotatable bonds is 4. The molecule has 4 rings (SSSR count). The van der Waals surface area contributed by atoms with Crippen LogP contribution in [0.15, 0.2) is 36.4 Å². The van der Waals surface area contributed by atoms with Crippen molar-refractivity contribution >= 4 is 23.0 Å². The lowest BCUT2D eigenvalue weighted by atomic mass is 10.0. The van der Waals surface area contributed by atoms with E-state index in [4.69, 9.17) is 0 Å². The van der Waals surface area contributed by atoms with Crippen LogP contribution in [0.25, 0.3) is 0 Å². The Morgan fingerprint density at radius 3 is 2.84 bits per heavy atom. The number of carbonyl (C=O) groups excluding carboxylic acids is 1. The van der Waals surface area contributed by atoms with Crippen molar-refractivity contribution in [2.75, 3.05) is 10.6 Å². The second-order valence-electron chi connectivity index (χ2n) is 6.48. The number of aryl methyl sites for hydroxylation is 1. The van der Waals surface area contributed by atoms with E-state index in [9.17, 15) is 19.3 Å². The molecule has 1 aliphatic heterocycles. The van der Waals surface area contributed by atoms with E-state index in [0.717, 1.165) is 17.5 Å². The number of nitro benzene ring substituents is 1. The Hall–Kier alpha value is -2.96. The molecule has 2 atom stereocenters. The molecular formula is C18H16FN3O3. The zero-order valence-electron chi connectivity index (χ0n) is 13.3. The van der Waals surface area contributed by atoms with Crippen LogP contribution in [-0.2, 0) is 11.2 Å². The summed E-state index contributed by atoms with van der Waals surface area (Å²) < 4.78 is 13.4. The van der Waals surface area contributed by atoms with Crippen LogP contribution >= 0.6 is 0 Å². The monoisotopic (exact) mass is 341 g/mol. The number of nitrogens with one attached hydrogen (secondary N) is 2. The highest BCUT2D eigenvalue weighted by atomic mass is 19.1. The van der Waals surface area contributed by atoms with Gasteiger partial charge in [-0.25, -0.2) is 4.39 Å². The third-order valence-electron chi connectivity index (χ3n) is 4.72. The predicted molar refractivity (Wildman–Crippen MR) is 91.2 cm³/mol. The summed E-state index contributed by atoms with van der Waals surface area (Å²) in [5.41, 5.74) is 2.66. The molecule has 0 unspecified atom stereocenters. The maximum absolute atomic E-state index is 13.4. The first-order chi connectivity index (χ1) is 12.0.